The number of nitrogens with one attached hydrogen (secondary N) is 1. The van der Waals surface area contributed by atoms with Gasteiger partial charge in [-0.2, -0.15) is 0 Å². The summed E-state index contributed by atoms with van der Waals surface area (Å²) in [5, 5.41) is 0. The molecule has 3 aliphatic rings. The van der Waals surface area contributed by atoms with E-state index in [4.69, 9.17) is 14.5 Å². The number of hydrogen-bond acceptors (Lipinski definition) is 4. The number of benzene rings is 1. The standard InChI is InChI=1S/C18H22N2O3/c1-18(2)6-14-13(15(21)7-18)9-20(10-19-14)8-12-3-4-16-17(5-12)23-11-22-16/h3-5,13H,6-11H2,1-2H3/p+1. The zero-order chi connectivity index (χ0) is 16.0. The van der Waals surface area contributed by atoms with Crippen LogP contribution in [0, 0.1) is 11.3 Å². The van der Waals surface area contributed by atoms with Crippen molar-refractivity contribution in [3.05, 3.63) is 23.8 Å². The topological polar surface area (TPSA) is 52.3 Å². The van der Waals surface area contributed by atoms with E-state index in [-0.39, 0.29) is 11.3 Å². The Morgan fingerprint density at radius 1 is 1.26 bits per heavy atom. The number of nitrogens with zero attached hydrogens (tertiary/aromatic N) is 1. The van der Waals surface area contributed by atoms with Crippen LogP contribution in [0.1, 0.15) is 32.3 Å². The molecular formula is C18H23N2O3+. The first-order chi connectivity index (χ1) is 11.0. The lowest BCUT2D eigenvalue weighted by Gasteiger charge is -2.38. The van der Waals surface area contributed by atoms with E-state index in [1.165, 1.54) is 10.5 Å². The van der Waals surface area contributed by atoms with Crippen molar-refractivity contribution in [1.82, 2.24) is 0 Å². The largest absolute Gasteiger partial charge is 0.454 e. The Bertz CT molecular complexity index is 681. The number of ketones is 1. The van der Waals surface area contributed by atoms with Crippen LogP contribution in [-0.2, 0) is 11.3 Å². The highest BCUT2D eigenvalue weighted by Gasteiger charge is 2.41. The van der Waals surface area contributed by atoms with E-state index in [1.54, 1.807) is 0 Å². The van der Waals surface area contributed by atoms with Gasteiger partial charge in [-0.1, -0.05) is 13.8 Å². The Morgan fingerprint density at radius 3 is 2.96 bits per heavy atom. The van der Waals surface area contributed by atoms with Crippen molar-refractivity contribution in [1.29, 1.82) is 0 Å². The van der Waals surface area contributed by atoms with Gasteiger partial charge in [0, 0.05) is 17.7 Å². The van der Waals surface area contributed by atoms with Crippen molar-refractivity contribution >= 4 is 11.5 Å². The summed E-state index contributed by atoms with van der Waals surface area (Å²) >= 11 is 0. The van der Waals surface area contributed by atoms with E-state index in [9.17, 15) is 4.79 Å². The van der Waals surface area contributed by atoms with Gasteiger partial charge >= 0.3 is 0 Å². The molecule has 2 unspecified atom stereocenters. The van der Waals surface area contributed by atoms with Gasteiger partial charge in [0.1, 0.15) is 18.2 Å². The molecule has 0 bridgehead atoms. The second-order valence-electron chi connectivity index (χ2n) is 7.66. The molecule has 1 aromatic carbocycles. The van der Waals surface area contributed by atoms with Gasteiger partial charge in [-0.15, -0.1) is 0 Å². The van der Waals surface area contributed by atoms with Crippen molar-refractivity contribution in [2.45, 2.75) is 33.2 Å². The third-order valence-electron chi connectivity index (χ3n) is 4.99. The van der Waals surface area contributed by atoms with Crippen LogP contribution in [0.25, 0.3) is 0 Å². The van der Waals surface area contributed by atoms with Crippen LogP contribution in [0.2, 0.25) is 0 Å². The van der Waals surface area contributed by atoms with Gasteiger partial charge in [-0.3, -0.25) is 4.79 Å². The molecule has 1 fully saturated rings. The molecular weight excluding hydrogens is 292 g/mol. The molecule has 2 aliphatic heterocycles. The number of fused-ring (bicyclic) bond motifs is 2. The fraction of sp³-hybridized carbons (Fsp3) is 0.556. The SMILES string of the molecule is CC1(C)CC(=O)C2C[NH+](Cc3ccc4c(c3)OCO4)CN=C2C1. The maximum Gasteiger partial charge on any atom is 0.231 e. The molecule has 4 rings (SSSR count). The van der Waals surface area contributed by atoms with Gasteiger partial charge in [-0.25, -0.2) is 4.99 Å². The molecule has 0 aromatic heterocycles. The quantitative estimate of drug-likeness (QED) is 0.893. The van der Waals surface area contributed by atoms with E-state index in [0.29, 0.717) is 19.0 Å². The third kappa shape index (κ3) is 2.85. The summed E-state index contributed by atoms with van der Waals surface area (Å²) in [4.78, 5) is 18.6. The number of rotatable bonds is 2. The lowest BCUT2D eigenvalue weighted by Crippen LogP contribution is -3.12. The number of hydrogen-bond donors (Lipinski definition) is 1. The summed E-state index contributed by atoms with van der Waals surface area (Å²) in [6.07, 6.45) is 1.63. The molecule has 122 valence electrons. The van der Waals surface area contributed by atoms with Crippen molar-refractivity contribution in [2.24, 2.45) is 16.3 Å². The third-order valence-corrected chi connectivity index (χ3v) is 4.99. The van der Waals surface area contributed by atoms with E-state index >= 15 is 0 Å². The van der Waals surface area contributed by atoms with Crippen LogP contribution in [0.3, 0.4) is 0 Å². The van der Waals surface area contributed by atoms with Gasteiger partial charge in [0.05, 0.1) is 6.54 Å². The number of aliphatic imine (C=N–C) groups is 1. The molecule has 2 atom stereocenters. The Balaban J connectivity index is 1.48. The number of ether oxygens (including phenoxy) is 2. The Labute approximate surface area is 136 Å². The summed E-state index contributed by atoms with van der Waals surface area (Å²) in [6, 6.07) is 6.08. The molecule has 1 aliphatic carbocycles. The van der Waals surface area contributed by atoms with Gasteiger partial charge in [0.25, 0.3) is 0 Å². The van der Waals surface area contributed by atoms with Crippen LogP contribution in [0.5, 0.6) is 11.5 Å². The number of carbonyl (C=O) groups is 1. The first-order valence-electron chi connectivity index (χ1n) is 8.28. The summed E-state index contributed by atoms with van der Waals surface area (Å²) in [7, 11) is 0. The summed E-state index contributed by atoms with van der Waals surface area (Å²) in [6.45, 7) is 7.10. The fourth-order valence-electron chi connectivity index (χ4n) is 3.89. The van der Waals surface area contributed by atoms with Crippen LogP contribution >= 0.6 is 0 Å². The minimum atomic E-state index is 0.0285. The van der Waals surface area contributed by atoms with E-state index < -0.39 is 0 Å². The van der Waals surface area contributed by atoms with Crippen LogP contribution in [-0.4, -0.2) is 31.5 Å². The van der Waals surface area contributed by atoms with Crippen molar-refractivity contribution in [3.63, 3.8) is 0 Å². The Kier molecular flexibility index (Phi) is 3.41. The highest BCUT2D eigenvalue weighted by Crippen LogP contribution is 2.35. The molecule has 1 N–H and O–H groups in total. The van der Waals surface area contributed by atoms with E-state index in [1.807, 2.05) is 12.1 Å². The Hall–Kier alpha value is -1.88. The number of quaternary nitrogens is 1. The van der Waals surface area contributed by atoms with Crippen LogP contribution in [0.4, 0.5) is 0 Å². The van der Waals surface area contributed by atoms with Crippen LogP contribution < -0.4 is 14.4 Å². The number of carbonyl (C=O) groups excluding carboxylic acids is 1. The van der Waals surface area contributed by atoms with Crippen molar-refractivity contribution in [2.75, 3.05) is 20.0 Å². The second kappa shape index (κ2) is 5.34. The fourth-order valence-corrected chi connectivity index (χ4v) is 3.89. The summed E-state index contributed by atoms with van der Waals surface area (Å²) in [5.74, 6) is 2.02. The highest BCUT2D eigenvalue weighted by molar-refractivity contribution is 6.08. The van der Waals surface area contributed by atoms with E-state index in [0.717, 1.165) is 43.4 Å². The normalized spacial score (nSPS) is 28.3. The maximum atomic E-state index is 12.5. The lowest BCUT2D eigenvalue weighted by atomic mass is 9.70. The maximum absolute atomic E-state index is 12.5. The first-order valence-corrected chi connectivity index (χ1v) is 8.28. The highest BCUT2D eigenvalue weighted by atomic mass is 16.7. The molecule has 2 heterocycles. The van der Waals surface area contributed by atoms with E-state index in [2.05, 4.69) is 19.9 Å². The predicted molar refractivity (Wildman–Crippen MR) is 85.9 cm³/mol. The molecule has 0 saturated heterocycles. The lowest BCUT2D eigenvalue weighted by molar-refractivity contribution is -0.916. The van der Waals surface area contributed by atoms with Crippen molar-refractivity contribution in [3.8, 4) is 11.5 Å². The number of Topliss-reactive ketones (excluding diaryl/α,β-unsaturated/α-hetero) is 1. The van der Waals surface area contributed by atoms with Gasteiger partial charge < -0.3 is 14.4 Å². The predicted octanol–water partition coefficient (Wildman–Crippen LogP) is 1.22. The van der Waals surface area contributed by atoms with Gasteiger partial charge in [0.2, 0.25) is 6.79 Å². The molecule has 0 radical (unpaired) electrons. The molecule has 1 saturated carbocycles. The monoisotopic (exact) mass is 315 g/mol. The second-order valence-corrected chi connectivity index (χ2v) is 7.66. The van der Waals surface area contributed by atoms with Crippen LogP contribution in [0.15, 0.2) is 23.2 Å². The molecule has 5 heteroatoms. The Morgan fingerprint density at radius 2 is 2.09 bits per heavy atom. The van der Waals surface area contributed by atoms with Gasteiger partial charge in [-0.05, 0) is 30.0 Å². The minimum Gasteiger partial charge on any atom is -0.454 e. The molecule has 1 aromatic rings. The molecule has 23 heavy (non-hydrogen) atoms. The summed E-state index contributed by atoms with van der Waals surface area (Å²) < 4.78 is 10.8. The molecule has 0 spiro atoms. The zero-order valence-corrected chi connectivity index (χ0v) is 13.7. The average Bonchev–Trinajstić information content (AvgIpc) is 2.94. The first kappa shape index (κ1) is 14.7. The minimum absolute atomic E-state index is 0.0285. The van der Waals surface area contributed by atoms with Gasteiger partial charge in [0.15, 0.2) is 18.2 Å². The summed E-state index contributed by atoms with van der Waals surface area (Å²) in [5.41, 5.74) is 2.40. The smallest absolute Gasteiger partial charge is 0.231 e. The molecule has 5 nitrogen and oxygen atoms in total. The average molecular weight is 315 g/mol. The zero-order valence-electron chi connectivity index (χ0n) is 13.7. The van der Waals surface area contributed by atoms with Crippen molar-refractivity contribution < 1.29 is 19.2 Å². The molecule has 0 amide bonds.